The van der Waals surface area contributed by atoms with Crippen molar-refractivity contribution in [3.63, 3.8) is 0 Å². The maximum Gasteiger partial charge on any atom is 0.261 e. The molecule has 0 aliphatic rings. The SMILES string of the molecule is NC(=O)Cn1c(CSCc2ccccc2)nc2ccccc2c1=O. The molecule has 0 saturated heterocycles. The number of carbonyl (C=O) groups is 1. The second-order valence-electron chi connectivity index (χ2n) is 5.38. The summed E-state index contributed by atoms with van der Waals surface area (Å²) >= 11 is 1.64. The summed E-state index contributed by atoms with van der Waals surface area (Å²) in [4.78, 5) is 28.5. The van der Waals surface area contributed by atoms with Gasteiger partial charge in [-0.3, -0.25) is 14.2 Å². The standard InChI is InChI=1S/C18H17N3O2S/c19-16(22)10-21-17(12-24-11-13-6-2-1-3-7-13)20-15-9-5-4-8-14(15)18(21)23/h1-9H,10-12H2,(H2,19,22). The number of hydrogen-bond acceptors (Lipinski definition) is 4. The Hall–Kier alpha value is -2.60. The van der Waals surface area contributed by atoms with Crippen LogP contribution in [0.1, 0.15) is 11.4 Å². The molecule has 0 bridgehead atoms. The second-order valence-corrected chi connectivity index (χ2v) is 6.37. The summed E-state index contributed by atoms with van der Waals surface area (Å²) in [5.41, 5.74) is 6.90. The predicted molar refractivity (Wildman–Crippen MR) is 96.6 cm³/mol. The van der Waals surface area contributed by atoms with E-state index >= 15 is 0 Å². The number of aromatic nitrogens is 2. The van der Waals surface area contributed by atoms with Crippen LogP contribution in [0.25, 0.3) is 10.9 Å². The molecular formula is C18H17N3O2S. The highest BCUT2D eigenvalue weighted by Gasteiger charge is 2.12. The van der Waals surface area contributed by atoms with Gasteiger partial charge in [0.05, 0.1) is 16.7 Å². The Morgan fingerprint density at radius 1 is 1.04 bits per heavy atom. The number of carbonyl (C=O) groups excluding carboxylic acids is 1. The summed E-state index contributed by atoms with van der Waals surface area (Å²) in [7, 11) is 0. The predicted octanol–water partition coefficient (Wildman–Crippen LogP) is 2.32. The number of nitrogens with zero attached hydrogens (tertiary/aromatic N) is 2. The topological polar surface area (TPSA) is 78.0 Å². The third kappa shape index (κ3) is 3.65. The van der Waals surface area contributed by atoms with Gasteiger partial charge in [-0.2, -0.15) is 0 Å². The van der Waals surface area contributed by atoms with Gasteiger partial charge < -0.3 is 5.73 Å². The summed E-state index contributed by atoms with van der Waals surface area (Å²) in [6.07, 6.45) is 0. The quantitative estimate of drug-likeness (QED) is 0.747. The van der Waals surface area contributed by atoms with Crippen LogP contribution in [0.4, 0.5) is 0 Å². The minimum Gasteiger partial charge on any atom is -0.368 e. The molecule has 122 valence electrons. The number of hydrogen-bond donors (Lipinski definition) is 1. The largest absolute Gasteiger partial charge is 0.368 e. The van der Waals surface area contributed by atoms with E-state index in [1.807, 2.05) is 24.3 Å². The number of fused-ring (bicyclic) bond motifs is 1. The molecule has 1 heterocycles. The fraction of sp³-hybridized carbons (Fsp3) is 0.167. The highest BCUT2D eigenvalue weighted by molar-refractivity contribution is 7.97. The number of benzene rings is 2. The summed E-state index contributed by atoms with van der Waals surface area (Å²) in [6.45, 7) is -0.155. The fourth-order valence-corrected chi connectivity index (χ4v) is 3.41. The third-order valence-electron chi connectivity index (χ3n) is 3.60. The average Bonchev–Trinajstić information content (AvgIpc) is 2.59. The first-order valence-corrected chi connectivity index (χ1v) is 8.69. The molecule has 3 aromatic rings. The maximum absolute atomic E-state index is 12.6. The minimum absolute atomic E-state index is 0.155. The Kier molecular flexibility index (Phi) is 4.96. The zero-order chi connectivity index (χ0) is 16.9. The van der Waals surface area contributed by atoms with E-state index in [4.69, 9.17) is 5.73 Å². The van der Waals surface area contributed by atoms with Gasteiger partial charge in [-0.1, -0.05) is 42.5 Å². The van der Waals surface area contributed by atoms with Crippen molar-refractivity contribution in [3.05, 3.63) is 76.3 Å². The zero-order valence-electron chi connectivity index (χ0n) is 13.0. The molecule has 2 N–H and O–H groups in total. The van der Waals surface area contributed by atoms with Crippen molar-refractivity contribution in [1.29, 1.82) is 0 Å². The van der Waals surface area contributed by atoms with Crippen LogP contribution in [0, 0.1) is 0 Å². The van der Waals surface area contributed by atoms with E-state index in [1.165, 1.54) is 10.1 Å². The molecule has 5 nitrogen and oxygen atoms in total. The van der Waals surface area contributed by atoms with Gasteiger partial charge >= 0.3 is 0 Å². The third-order valence-corrected chi connectivity index (χ3v) is 4.60. The highest BCUT2D eigenvalue weighted by atomic mass is 32.2. The van der Waals surface area contributed by atoms with Crippen LogP contribution in [0.3, 0.4) is 0 Å². The van der Waals surface area contributed by atoms with Crippen LogP contribution >= 0.6 is 11.8 Å². The number of para-hydroxylation sites is 1. The van der Waals surface area contributed by atoms with Crippen molar-refractivity contribution in [3.8, 4) is 0 Å². The molecule has 1 amide bonds. The number of primary amides is 1. The van der Waals surface area contributed by atoms with Gasteiger partial charge in [0.15, 0.2) is 0 Å². The number of nitrogens with two attached hydrogens (primary N) is 1. The Bertz CT molecular complexity index is 922. The van der Waals surface area contributed by atoms with E-state index in [2.05, 4.69) is 17.1 Å². The first-order valence-electron chi connectivity index (χ1n) is 7.53. The van der Waals surface area contributed by atoms with E-state index in [-0.39, 0.29) is 12.1 Å². The lowest BCUT2D eigenvalue weighted by molar-refractivity contribution is -0.118. The van der Waals surface area contributed by atoms with Crippen molar-refractivity contribution in [2.45, 2.75) is 18.1 Å². The number of rotatable bonds is 6. The second kappa shape index (κ2) is 7.31. The van der Waals surface area contributed by atoms with Crippen molar-refractivity contribution < 1.29 is 4.79 Å². The van der Waals surface area contributed by atoms with Crippen LogP contribution < -0.4 is 11.3 Å². The number of thioether (sulfide) groups is 1. The van der Waals surface area contributed by atoms with Gasteiger partial charge in [-0.05, 0) is 17.7 Å². The molecule has 0 saturated carbocycles. The monoisotopic (exact) mass is 339 g/mol. The smallest absolute Gasteiger partial charge is 0.261 e. The number of amides is 1. The molecular weight excluding hydrogens is 322 g/mol. The normalized spacial score (nSPS) is 10.8. The summed E-state index contributed by atoms with van der Waals surface area (Å²) in [5.74, 6) is 1.35. The van der Waals surface area contributed by atoms with E-state index < -0.39 is 5.91 Å². The Balaban J connectivity index is 1.90. The lowest BCUT2D eigenvalue weighted by atomic mass is 10.2. The molecule has 2 aromatic carbocycles. The van der Waals surface area contributed by atoms with Gasteiger partial charge in [-0.15, -0.1) is 11.8 Å². The van der Waals surface area contributed by atoms with Crippen LogP contribution in [0.5, 0.6) is 0 Å². The molecule has 1 aromatic heterocycles. The van der Waals surface area contributed by atoms with Crippen LogP contribution in [-0.2, 0) is 22.8 Å². The Labute approximate surface area is 143 Å². The molecule has 0 aliphatic carbocycles. The van der Waals surface area contributed by atoms with Crippen LogP contribution in [0.15, 0.2) is 59.4 Å². The van der Waals surface area contributed by atoms with E-state index in [9.17, 15) is 9.59 Å². The first-order chi connectivity index (χ1) is 11.6. The first kappa shape index (κ1) is 16.3. The summed E-state index contributed by atoms with van der Waals surface area (Å²) in [5, 5.41) is 0.496. The molecule has 0 radical (unpaired) electrons. The van der Waals surface area contributed by atoms with Gasteiger partial charge in [0.1, 0.15) is 12.4 Å². The molecule has 3 rings (SSSR count). The van der Waals surface area contributed by atoms with Crippen molar-refractivity contribution in [2.75, 3.05) is 0 Å². The van der Waals surface area contributed by atoms with Crippen molar-refractivity contribution in [1.82, 2.24) is 9.55 Å². The summed E-state index contributed by atoms with van der Waals surface area (Å²) in [6, 6.07) is 17.2. The molecule has 24 heavy (non-hydrogen) atoms. The van der Waals surface area contributed by atoms with Gasteiger partial charge in [0, 0.05) is 5.75 Å². The maximum atomic E-state index is 12.6. The summed E-state index contributed by atoms with van der Waals surface area (Å²) < 4.78 is 1.38. The minimum atomic E-state index is -0.552. The van der Waals surface area contributed by atoms with E-state index in [1.54, 1.807) is 30.0 Å². The highest BCUT2D eigenvalue weighted by Crippen LogP contribution is 2.17. The lowest BCUT2D eigenvalue weighted by Crippen LogP contribution is -2.31. The molecule has 0 spiro atoms. The molecule has 6 heteroatoms. The molecule has 0 aliphatic heterocycles. The molecule has 0 fully saturated rings. The van der Waals surface area contributed by atoms with Gasteiger partial charge in [-0.25, -0.2) is 4.98 Å². The lowest BCUT2D eigenvalue weighted by Gasteiger charge is -2.12. The van der Waals surface area contributed by atoms with Gasteiger partial charge in [0.2, 0.25) is 5.91 Å². The van der Waals surface area contributed by atoms with Crippen LogP contribution in [0.2, 0.25) is 0 Å². The van der Waals surface area contributed by atoms with Crippen LogP contribution in [-0.4, -0.2) is 15.5 Å². The van der Waals surface area contributed by atoms with E-state index in [0.717, 1.165) is 5.75 Å². The fourth-order valence-electron chi connectivity index (χ4n) is 2.48. The average molecular weight is 339 g/mol. The molecule has 0 unspecified atom stereocenters. The Morgan fingerprint density at radius 3 is 2.50 bits per heavy atom. The van der Waals surface area contributed by atoms with E-state index in [0.29, 0.717) is 22.5 Å². The van der Waals surface area contributed by atoms with Crippen molar-refractivity contribution in [2.24, 2.45) is 5.73 Å². The van der Waals surface area contributed by atoms with Gasteiger partial charge in [0.25, 0.3) is 5.56 Å². The zero-order valence-corrected chi connectivity index (χ0v) is 13.8. The Morgan fingerprint density at radius 2 is 1.75 bits per heavy atom. The van der Waals surface area contributed by atoms with Crippen molar-refractivity contribution >= 4 is 28.6 Å². The molecule has 0 atom stereocenters.